The topological polar surface area (TPSA) is 207 Å². The van der Waals surface area contributed by atoms with E-state index < -0.39 is 31.8 Å². The van der Waals surface area contributed by atoms with E-state index >= 15 is 0 Å². The summed E-state index contributed by atoms with van der Waals surface area (Å²) >= 11 is 0. The lowest BCUT2D eigenvalue weighted by molar-refractivity contribution is -0.146. The molecule has 0 saturated carbocycles. The minimum absolute atomic E-state index is 0.0152. The van der Waals surface area contributed by atoms with Gasteiger partial charge in [-0.1, -0.05) is 35.9 Å². The fraction of sp³-hybridized carbons (Fsp3) is 0.296. The van der Waals surface area contributed by atoms with E-state index in [1.807, 2.05) is 42.0 Å². The van der Waals surface area contributed by atoms with E-state index in [9.17, 15) is 33.5 Å². The van der Waals surface area contributed by atoms with E-state index in [0.717, 1.165) is 34.2 Å². The molecule has 6 N–H and O–H groups in total. The van der Waals surface area contributed by atoms with Crippen LogP contribution in [0.25, 0.3) is 22.2 Å². The molecular weight excluding hydrogens is 586 g/mol. The Kier molecular flexibility index (Phi) is 8.37. The number of anilines is 1. The highest BCUT2D eigenvalue weighted by molar-refractivity contribution is 7.67. The maximum atomic E-state index is 12.4. The second-order valence-corrected chi connectivity index (χ2v) is 13.4. The van der Waals surface area contributed by atoms with Crippen molar-refractivity contribution < 1.29 is 43.0 Å². The van der Waals surface area contributed by atoms with Crippen molar-refractivity contribution in [3.8, 4) is 11.1 Å². The number of carbonyl (C=O) groups excluding carboxylic acids is 1. The minimum Gasteiger partial charge on any atom is -0.463 e. The lowest BCUT2D eigenvalue weighted by Crippen LogP contribution is -2.25. The van der Waals surface area contributed by atoms with Crippen molar-refractivity contribution in [3.63, 3.8) is 0 Å². The van der Waals surface area contributed by atoms with Gasteiger partial charge in [-0.15, -0.1) is 0 Å². The van der Waals surface area contributed by atoms with Gasteiger partial charge in [0.05, 0.1) is 34.7 Å². The molecule has 0 bridgehead atoms. The first kappa shape index (κ1) is 30.1. The summed E-state index contributed by atoms with van der Waals surface area (Å²) in [5.41, 5.74) is 10.3. The van der Waals surface area contributed by atoms with Crippen molar-refractivity contribution in [2.75, 3.05) is 18.9 Å². The van der Waals surface area contributed by atoms with Gasteiger partial charge in [0, 0.05) is 18.2 Å². The number of aryl methyl sites for hydroxylation is 2. The van der Waals surface area contributed by atoms with Crippen LogP contribution in [0.5, 0.6) is 0 Å². The second kappa shape index (κ2) is 11.7. The first-order valence-electron chi connectivity index (χ1n) is 13.0. The molecule has 1 unspecified atom stereocenters. The predicted octanol–water partition coefficient (Wildman–Crippen LogP) is 2.10. The lowest BCUT2D eigenvalue weighted by atomic mass is 10.0. The van der Waals surface area contributed by atoms with E-state index in [0.29, 0.717) is 30.1 Å². The zero-order valence-corrected chi connectivity index (χ0v) is 24.3. The Morgan fingerprint density at radius 3 is 2.48 bits per heavy atom. The van der Waals surface area contributed by atoms with Gasteiger partial charge >= 0.3 is 21.2 Å². The molecule has 5 rings (SSSR count). The number of hydrogen-bond acceptors (Lipinski definition) is 8. The highest BCUT2D eigenvalue weighted by Crippen LogP contribution is 2.40. The van der Waals surface area contributed by atoms with E-state index in [1.165, 1.54) is 12.4 Å². The summed E-state index contributed by atoms with van der Waals surface area (Å²) in [6.07, 6.45) is 3.56. The Labute approximate surface area is 240 Å². The van der Waals surface area contributed by atoms with E-state index in [4.69, 9.17) is 15.2 Å². The van der Waals surface area contributed by atoms with Gasteiger partial charge in [-0.05, 0) is 43.0 Å². The molecular formula is C27H30N4O9P2. The molecule has 1 aliphatic rings. The van der Waals surface area contributed by atoms with Crippen LogP contribution >= 0.6 is 15.2 Å². The van der Waals surface area contributed by atoms with Crippen molar-refractivity contribution in [2.45, 2.75) is 38.3 Å². The third-order valence-electron chi connectivity index (χ3n) is 7.17. The predicted molar refractivity (Wildman–Crippen MR) is 155 cm³/mol. The Balaban J connectivity index is 1.22. The molecule has 0 radical (unpaired) electrons. The highest BCUT2D eigenvalue weighted by Gasteiger charge is 2.32. The SMILES string of the molecule is Cc1ccc(-c2cn(C3CO[C@@H](COC(=O)CCc4ccc(P(=O)(O)O)c(P(=O)(O)O)c4)C3)c3ncnc(N)c23)cc1. The number of nitrogen functional groups attached to an aromatic ring is 1. The molecule has 0 aliphatic carbocycles. The molecule has 3 heterocycles. The molecule has 2 aromatic carbocycles. The molecule has 1 aliphatic heterocycles. The molecule has 222 valence electrons. The Bertz CT molecular complexity index is 1730. The summed E-state index contributed by atoms with van der Waals surface area (Å²) in [6.45, 7) is 2.41. The number of ether oxygens (including phenoxy) is 2. The monoisotopic (exact) mass is 616 g/mol. The van der Waals surface area contributed by atoms with Crippen molar-refractivity contribution in [1.82, 2.24) is 14.5 Å². The van der Waals surface area contributed by atoms with Crippen LogP contribution < -0.4 is 16.3 Å². The zero-order chi connectivity index (χ0) is 30.2. The van der Waals surface area contributed by atoms with E-state index in [1.54, 1.807) is 0 Å². The third kappa shape index (κ3) is 6.48. The quantitative estimate of drug-likeness (QED) is 0.135. The van der Waals surface area contributed by atoms with Crippen molar-refractivity contribution in [2.24, 2.45) is 0 Å². The van der Waals surface area contributed by atoms with Gasteiger partial charge < -0.3 is 39.3 Å². The van der Waals surface area contributed by atoms with Crippen LogP contribution in [0.4, 0.5) is 5.82 Å². The zero-order valence-electron chi connectivity index (χ0n) is 22.5. The van der Waals surface area contributed by atoms with Crippen LogP contribution in [0.3, 0.4) is 0 Å². The van der Waals surface area contributed by atoms with Gasteiger partial charge in [0.1, 0.15) is 24.4 Å². The average Bonchev–Trinajstić information content (AvgIpc) is 3.56. The number of aromatic nitrogens is 3. The summed E-state index contributed by atoms with van der Waals surface area (Å²) in [5, 5.41) is -0.750. The maximum Gasteiger partial charge on any atom is 0.357 e. The fourth-order valence-electron chi connectivity index (χ4n) is 5.04. The molecule has 15 heteroatoms. The summed E-state index contributed by atoms with van der Waals surface area (Å²) in [4.78, 5) is 59.0. The normalized spacial score (nSPS) is 17.5. The molecule has 1 saturated heterocycles. The molecule has 4 aromatic rings. The number of carbonyl (C=O) groups is 1. The lowest BCUT2D eigenvalue weighted by Gasteiger charge is -2.14. The van der Waals surface area contributed by atoms with Crippen LogP contribution in [0.15, 0.2) is 55.0 Å². The van der Waals surface area contributed by atoms with Crippen LogP contribution in [-0.2, 0) is 29.8 Å². The smallest absolute Gasteiger partial charge is 0.357 e. The molecule has 1 fully saturated rings. The molecule has 2 aromatic heterocycles. The summed E-state index contributed by atoms with van der Waals surface area (Å²) in [6, 6.07) is 11.3. The largest absolute Gasteiger partial charge is 0.463 e. The van der Waals surface area contributed by atoms with Crippen LogP contribution in [-0.4, -0.2) is 59.4 Å². The standard InChI is InChI=1S/C27H30N4O9P2/c1-16-2-6-18(7-3-16)21-12-31(27-25(21)26(28)29-15-30-27)19-11-20(39-13-19)14-40-24(32)9-5-17-4-8-22(41(33,34)35)23(10-17)42(36,37)38/h2-4,6-8,10,12,15,19-20H,5,9,11,13-14H2,1H3,(H2,28,29,30)(H2,33,34,35)(H2,36,37,38)/t19?,20-/m1/s1. The summed E-state index contributed by atoms with van der Waals surface area (Å²) < 4.78 is 36.7. The van der Waals surface area contributed by atoms with Crippen molar-refractivity contribution in [1.29, 1.82) is 0 Å². The van der Waals surface area contributed by atoms with E-state index in [-0.39, 0.29) is 31.6 Å². The van der Waals surface area contributed by atoms with Gasteiger partial charge in [-0.25, -0.2) is 9.97 Å². The number of esters is 1. The minimum atomic E-state index is -4.96. The molecule has 0 spiro atoms. The first-order valence-corrected chi connectivity index (χ1v) is 16.2. The van der Waals surface area contributed by atoms with Crippen LogP contribution in [0, 0.1) is 6.92 Å². The van der Waals surface area contributed by atoms with E-state index in [2.05, 4.69) is 9.97 Å². The Hall–Kier alpha value is -3.41. The summed E-state index contributed by atoms with van der Waals surface area (Å²) in [7, 11) is -9.87. The van der Waals surface area contributed by atoms with Gasteiger partial charge in [0.15, 0.2) is 0 Å². The Morgan fingerprint density at radius 1 is 1.07 bits per heavy atom. The second-order valence-electron chi connectivity index (χ2n) is 10.2. The van der Waals surface area contributed by atoms with Crippen molar-refractivity contribution in [3.05, 3.63) is 66.1 Å². The van der Waals surface area contributed by atoms with Gasteiger partial charge in [0.2, 0.25) is 0 Å². The number of nitrogens with zero attached hydrogens (tertiary/aromatic N) is 3. The van der Waals surface area contributed by atoms with Gasteiger partial charge in [-0.2, -0.15) is 0 Å². The van der Waals surface area contributed by atoms with Crippen molar-refractivity contribution >= 4 is 48.6 Å². The molecule has 13 nitrogen and oxygen atoms in total. The van der Waals surface area contributed by atoms with Gasteiger partial charge in [-0.3, -0.25) is 13.9 Å². The third-order valence-corrected chi connectivity index (χ3v) is 9.36. The number of fused-ring (bicyclic) bond motifs is 1. The van der Waals surface area contributed by atoms with Crippen LogP contribution in [0.2, 0.25) is 0 Å². The van der Waals surface area contributed by atoms with Gasteiger partial charge in [0.25, 0.3) is 0 Å². The first-order chi connectivity index (χ1) is 19.8. The number of benzene rings is 2. The number of nitrogens with two attached hydrogens (primary N) is 1. The average molecular weight is 617 g/mol. The summed E-state index contributed by atoms with van der Waals surface area (Å²) in [5.74, 6) is -0.171. The molecule has 0 amide bonds. The highest BCUT2D eigenvalue weighted by atomic mass is 31.2. The number of rotatable bonds is 9. The fourth-order valence-corrected chi connectivity index (χ4v) is 7.16. The Morgan fingerprint density at radius 2 is 1.79 bits per heavy atom. The molecule has 2 atom stereocenters. The molecule has 42 heavy (non-hydrogen) atoms. The number of hydrogen-bond donors (Lipinski definition) is 5. The van der Waals surface area contributed by atoms with Crippen LogP contribution in [0.1, 0.15) is 30.0 Å². The maximum absolute atomic E-state index is 12.4.